The van der Waals surface area contributed by atoms with Crippen LogP contribution in [0.2, 0.25) is 0 Å². The number of likely N-dealkylation sites (tertiary alicyclic amines) is 1. The van der Waals surface area contributed by atoms with Gasteiger partial charge in [-0.15, -0.1) is 0 Å². The van der Waals surface area contributed by atoms with E-state index in [0.717, 1.165) is 5.69 Å². The van der Waals surface area contributed by atoms with Crippen LogP contribution in [-0.2, 0) is 4.84 Å². The third kappa shape index (κ3) is 2.74. The summed E-state index contributed by atoms with van der Waals surface area (Å²) in [6.45, 7) is 2.40. The van der Waals surface area contributed by atoms with E-state index in [0.29, 0.717) is 5.92 Å². The minimum Gasteiger partial charge on any atom is -0.306 e. The average Bonchev–Trinajstić information content (AvgIpc) is 2.31. The molecule has 1 aromatic carbocycles. The molecule has 1 N–H and O–H groups in total. The Hall–Kier alpha value is -1.06. The minimum atomic E-state index is 0.704. The van der Waals surface area contributed by atoms with Gasteiger partial charge in [0.05, 0.1) is 12.8 Å². The first-order valence-electron chi connectivity index (χ1n) is 5.87. The zero-order valence-corrected chi connectivity index (χ0v) is 10.1. The fourth-order valence-corrected chi connectivity index (χ4v) is 2.32. The molecule has 1 fully saturated rings. The maximum Gasteiger partial charge on any atom is 0.0636 e. The Kier molecular flexibility index (Phi) is 3.80. The quantitative estimate of drug-likeness (QED) is 0.792. The molecule has 3 heteroatoms. The number of nitrogens with one attached hydrogen (secondary N) is 1. The number of nitrogens with zero attached hydrogens (tertiary/aromatic N) is 1. The van der Waals surface area contributed by atoms with Crippen LogP contribution in [0.25, 0.3) is 0 Å². The summed E-state index contributed by atoms with van der Waals surface area (Å²) in [7, 11) is 3.83. The summed E-state index contributed by atoms with van der Waals surface area (Å²) >= 11 is 0. The summed E-state index contributed by atoms with van der Waals surface area (Å²) in [6.07, 6.45) is 2.51. The Morgan fingerprint density at radius 2 is 2.06 bits per heavy atom. The number of benzene rings is 1. The highest BCUT2D eigenvalue weighted by Gasteiger charge is 2.18. The largest absolute Gasteiger partial charge is 0.306 e. The fourth-order valence-electron chi connectivity index (χ4n) is 2.32. The lowest BCUT2D eigenvalue weighted by molar-refractivity contribution is 0.255. The molecule has 0 atom stereocenters. The molecule has 0 aromatic heterocycles. The molecule has 0 aliphatic carbocycles. The maximum absolute atomic E-state index is 4.93. The molecule has 16 heavy (non-hydrogen) atoms. The Morgan fingerprint density at radius 3 is 2.75 bits per heavy atom. The van der Waals surface area contributed by atoms with Gasteiger partial charge in [-0.05, 0) is 56.6 Å². The molecule has 1 heterocycles. The highest BCUT2D eigenvalue weighted by atomic mass is 16.6. The van der Waals surface area contributed by atoms with E-state index in [1.165, 1.54) is 31.5 Å². The summed E-state index contributed by atoms with van der Waals surface area (Å²) in [5, 5.41) is 0. The third-order valence-corrected chi connectivity index (χ3v) is 3.30. The van der Waals surface area contributed by atoms with Gasteiger partial charge in [-0.2, -0.15) is 0 Å². The van der Waals surface area contributed by atoms with Crippen molar-refractivity contribution in [3.05, 3.63) is 29.8 Å². The van der Waals surface area contributed by atoms with E-state index in [1.54, 1.807) is 7.11 Å². The molecule has 1 saturated heterocycles. The molecule has 0 bridgehead atoms. The van der Waals surface area contributed by atoms with Crippen LogP contribution in [-0.4, -0.2) is 32.1 Å². The molecule has 0 spiro atoms. The molecule has 0 unspecified atom stereocenters. The second kappa shape index (κ2) is 5.32. The standard InChI is InChI=1S/C13H20N2O/c1-15-8-6-11(7-9-15)12-4-3-5-13(10-12)14-16-2/h3-5,10-11,14H,6-9H2,1-2H3. The van der Waals surface area contributed by atoms with Crippen LogP contribution in [0.15, 0.2) is 24.3 Å². The molecule has 0 amide bonds. The van der Waals surface area contributed by atoms with Crippen LogP contribution in [0.4, 0.5) is 5.69 Å². The van der Waals surface area contributed by atoms with Crippen molar-refractivity contribution in [2.24, 2.45) is 0 Å². The predicted molar refractivity (Wildman–Crippen MR) is 66.5 cm³/mol. The first-order chi connectivity index (χ1) is 7.79. The Bertz CT molecular complexity index is 332. The monoisotopic (exact) mass is 220 g/mol. The number of hydrogen-bond donors (Lipinski definition) is 1. The van der Waals surface area contributed by atoms with Crippen LogP contribution in [0.5, 0.6) is 0 Å². The van der Waals surface area contributed by atoms with Crippen LogP contribution in [0.1, 0.15) is 24.3 Å². The van der Waals surface area contributed by atoms with Gasteiger partial charge in [0, 0.05) is 0 Å². The van der Waals surface area contributed by atoms with Gasteiger partial charge in [0.25, 0.3) is 0 Å². The lowest BCUT2D eigenvalue weighted by Gasteiger charge is -2.29. The Labute approximate surface area is 97.4 Å². The van der Waals surface area contributed by atoms with E-state index in [-0.39, 0.29) is 0 Å². The number of rotatable bonds is 3. The smallest absolute Gasteiger partial charge is 0.0636 e. The van der Waals surface area contributed by atoms with Crippen LogP contribution in [0.3, 0.4) is 0 Å². The fraction of sp³-hybridized carbons (Fsp3) is 0.538. The van der Waals surface area contributed by atoms with E-state index < -0.39 is 0 Å². The molecule has 88 valence electrons. The normalized spacial score (nSPS) is 18.6. The number of hydrogen-bond acceptors (Lipinski definition) is 3. The molecule has 0 saturated carbocycles. The topological polar surface area (TPSA) is 24.5 Å². The molecule has 1 aromatic rings. The Balaban J connectivity index is 2.05. The van der Waals surface area contributed by atoms with Gasteiger partial charge in [0.1, 0.15) is 0 Å². The van der Waals surface area contributed by atoms with E-state index in [9.17, 15) is 0 Å². The first-order valence-corrected chi connectivity index (χ1v) is 5.87. The molecule has 1 aliphatic rings. The molecule has 2 rings (SSSR count). The minimum absolute atomic E-state index is 0.704. The van der Waals surface area contributed by atoms with Crippen molar-refractivity contribution in [1.29, 1.82) is 0 Å². The summed E-state index contributed by atoms with van der Waals surface area (Å²) in [4.78, 5) is 7.33. The van der Waals surface area contributed by atoms with Gasteiger partial charge in [0.15, 0.2) is 0 Å². The number of anilines is 1. The van der Waals surface area contributed by atoms with Gasteiger partial charge in [-0.25, -0.2) is 0 Å². The van der Waals surface area contributed by atoms with Crippen molar-refractivity contribution in [1.82, 2.24) is 4.90 Å². The van der Waals surface area contributed by atoms with E-state index in [4.69, 9.17) is 4.84 Å². The second-order valence-corrected chi connectivity index (χ2v) is 4.51. The molecule has 3 nitrogen and oxygen atoms in total. The summed E-state index contributed by atoms with van der Waals surface area (Å²) in [5.74, 6) is 0.704. The summed E-state index contributed by atoms with van der Waals surface area (Å²) in [5.41, 5.74) is 5.35. The van der Waals surface area contributed by atoms with E-state index in [1.807, 2.05) is 6.07 Å². The van der Waals surface area contributed by atoms with Crippen LogP contribution in [0, 0.1) is 0 Å². The molecular formula is C13H20N2O. The lowest BCUT2D eigenvalue weighted by Crippen LogP contribution is -2.29. The van der Waals surface area contributed by atoms with Crippen molar-refractivity contribution < 1.29 is 4.84 Å². The Morgan fingerprint density at radius 1 is 1.31 bits per heavy atom. The highest BCUT2D eigenvalue weighted by molar-refractivity contribution is 5.44. The van der Waals surface area contributed by atoms with Crippen LogP contribution >= 0.6 is 0 Å². The van der Waals surface area contributed by atoms with Gasteiger partial charge >= 0.3 is 0 Å². The van der Waals surface area contributed by atoms with Gasteiger partial charge in [-0.3, -0.25) is 10.3 Å². The maximum atomic E-state index is 4.93. The summed E-state index contributed by atoms with van der Waals surface area (Å²) in [6, 6.07) is 8.53. The third-order valence-electron chi connectivity index (χ3n) is 3.30. The van der Waals surface area contributed by atoms with Gasteiger partial charge in [-0.1, -0.05) is 12.1 Å². The van der Waals surface area contributed by atoms with E-state index >= 15 is 0 Å². The zero-order valence-electron chi connectivity index (χ0n) is 10.1. The molecule has 0 radical (unpaired) electrons. The zero-order chi connectivity index (χ0) is 11.4. The van der Waals surface area contributed by atoms with Crippen molar-refractivity contribution in [3.63, 3.8) is 0 Å². The second-order valence-electron chi connectivity index (χ2n) is 4.51. The predicted octanol–water partition coefficient (Wildman–Crippen LogP) is 2.47. The molecular weight excluding hydrogens is 200 g/mol. The van der Waals surface area contributed by atoms with Gasteiger partial charge in [0.2, 0.25) is 0 Å². The van der Waals surface area contributed by atoms with Crippen molar-refractivity contribution in [2.45, 2.75) is 18.8 Å². The average molecular weight is 220 g/mol. The SMILES string of the molecule is CONc1cccc(C2CCN(C)CC2)c1. The first kappa shape index (κ1) is 11.4. The van der Waals surface area contributed by atoms with Crippen molar-refractivity contribution in [2.75, 3.05) is 32.7 Å². The number of piperidine rings is 1. The van der Waals surface area contributed by atoms with Crippen LogP contribution < -0.4 is 5.48 Å². The van der Waals surface area contributed by atoms with Gasteiger partial charge < -0.3 is 4.90 Å². The van der Waals surface area contributed by atoms with Crippen molar-refractivity contribution >= 4 is 5.69 Å². The highest BCUT2D eigenvalue weighted by Crippen LogP contribution is 2.28. The van der Waals surface area contributed by atoms with E-state index in [2.05, 4.69) is 35.6 Å². The lowest BCUT2D eigenvalue weighted by atomic mass is 9.89. The molecule has 1 aliphatic heterocycles. The summed E-state index contributed by atoms with van der Waals surface area (Å²) < 4.78 is 0. The van der Waals surface area contributed by atoms with Crippen molar-refractivity contribution in [3.8, 4) is 0 Å².